The van der Waals surface area contributed by atoms with Gasteiger partial charge in [0.2, 0.25) is 16.0 Å². The molecule has 1 aliphatic rings. The number of halogens is 2. The van der Waals surface area contributed by atoms with Crippen LogP contribution in [0, 0.1) is 0 Å². The first-order valence-corrected chi connectivity index (χ1v) is 18.8. The number of fused-ring (bicyclic) bond motifs is 1. The Bertz CT molecular complexity index is 2020. The lowest BCUT2D eigenvalue weighted by Crippen LogP contribution is -2.44. The van der Waals surface area contributed by atoms with Crippen LogP contribution in [0.2, 0.25) is 10.0 Å². The van der Waals surface area contributed by atoms with Crippen molar-refractivity contribution in [2.24, 2.45) is 0 Å². The van der Waals surface area contributed by atoms with E-state index < -0.39 is 60.9 Å². The Kier molecular flexibility index (Phi) is 11.2. The number of carbonyl (C=O) groups is 1. The molecular formula is C28H33Cl2N8O10PS. The first-order chi connectivity index (χ1) is 23.5. The molecule has 0 radical (unpaired) electrons. The highest BCUT2D eigenvalue weighted by Gasteiger charge is 2.54. The number of ether oxygens (including phenoxy) is 2. The average Bonchev–Trinajstić information content (AvgIpc) is 3.55. The third-order valence-corrected chi connectivity index (χ3v) is 9.97. The molecule has 5 atom stereocenters. The Labute approximate surface area is 296 Å². The van der Waals surface area contributed by atoms with Gasteiger partial charge in [-0.15, -0.1) is 4.83 Å². The van der Waals surface area contributed by atoms with Gasteiger partial charge < -0.3 is 29.9 Å². The van der Waals surface area contributed by atoms with Crippen molar-refractivity contribution in [3.05, 3.63) is 70.5 Å². The van der Waals surface area contributed by atoms with Crippen LogP contribution in [0.3, 0.4) is 0 Å². The van der Waals surface area contributed by atoms with Crippen LogP contribution in [-0.4, -0.2) is 88.4 Å². The lowest BCUT2D eigenvalue weighted by atomic mass is 9.96. The van der Waals surface area contributed by atoms with Gasteiger partial charge in [-0.2, -0.15) is 9.97 Å². The summed E-state index contributed by atoms with van der Waals surface area (Å²) in [5.74, 6) is -1.00. The van der Waals surface area contributed by atoms with Crippen LogP contribution in [0.25, 0.3) is 11.2 Å². The predicted molar refractivity (Wildman–Crippen MR) is 182 cm³/mol. The molecule has 1 fully saturated rings. The second-order valence-corrected chi connectivity index (χ2v) is 15.6. The summed E-state index contributed by atoms with van der Waals surface area (Å²) in [5, 5.41) is 26.8. The lowest BCUT2D eigenvalue weighted by molar-refractivity contribution is -0.143. The summed E-state index contributed by atoms with van der Waals surface area (Å²) >= 11 is 12.1. The molecule has 0 spiro atoms. The molecule has 0 amide bonds. The molecule has 1 aliphatic heterocycles. The molecule has 2 aromatic heterocycles. The molecule has 1 saturated heterocycles. The molecule has 6 N–H and O–H groups in total. The summed E-state index contributed by atoms with van der Waals surface area (Å²) in [6.07, 6.45) is -2.15. The van der Waals surface area contributed by atoms with E-state index in [4.69, 9.17) is 47.5 Å². The number of nitrogens with zero attached hydrogens (tertiary/aromatic N) is 5. The average molecular weight is 776 g/mol. The minimum Gasteiger partial charge on any atom is -0.460 e. The number of hydrazine groups is 1. The third kappa shape index (κ3) is 8.81. The number of benzene rings is 2. The van der Waals surface area contributed by atoms with Gasteiger partial charge in [0.25, 0.3) is 0 Å². The fourth-order valence-corrected chi connectivity index (χ4v) is 7.06. The van der Waals surface area contributed by atoms with Crippen LogP contribution in [0.15, 0.2) is 54.9 Å². The van der Waals surface area contributed by atoms with Gasteiger partial charge in [0.15, 0.2) is 23.2 Å². The number of nitrogens with one attached hydrogen (secondary N) is 2. The molecule has 270 valence electrons. The number of aliphatic hydroxyl groups excluding tert-OH is 1. The second kappa shape index (κ2) is 14.9. The Balaban J connectivity index is 1.33. The van der Waals surface area contributed by atoms with Crippen LogP contribution < -0.4 is 25.2 Å². The number of nitrogens with two attached hydrogens (primary N) is 1. The Hall–Kier alpha value is -3.62. The molecule has 0 bridgehead atoms. The van der Waals surface area contributed by atoms with Crippen molar-refractivity contribution in [1.29, 1.82) is 0 Å². The SMILES string of the molecule is CN(NS(C)(=O)=O)c1nc(N)nc2c1ncn2C1OC(COP(=O)(NCC(=O)OCc2ccccc2Cl)Oc2ccc(Cl)cc2)[C@@H](O)[C@@]1(C)O. The van der Waals surface area contributed by atoms with Gasteiger partial charge in [0.05, 0.1) is 19.2 Å². The maximum Gasteiger partial charge on any atom is 0.459 e. The molecule has 18 nitrogen and oxygen atoms in total. The topological polar surface area (TPSA) is 243 Å². The Morgan fingerprint density at radius 3 is 2.58 bits per heavy atom. The Morgan fingerprint density at radius 2 is 1.90 bits per heavy atom. The highest BCUT2D eigenvalue weighted by atomic mass is 35.5. The number of anilines is 2. The van der Waals surface area contributed by atoms with Crippen molar-refractivity contribution in [1.82, 2.24) is 29.4 Å². The number of rotatable bonds is 14. The summed E-state index contributed by atoms with van der Waals surface area (Å²) in [6.45, 7) is -0.0886. The number of hydrogen-bond acceptors (Lipinski definition) is 15. The monoisotopic (exact) mass is 774 g/mol. The fraction of sp³-hybridized carbons (Fsp3) is 0.357. The van der Waals surface area contributed by atoms with Crippen LogP contribution in [-0.2, 0) is 40.0 Å². The number of aromatic nitrogens is 4. The van der Waals surface area contributed by atoms with E-state index in [0.717, 1.165) is 11.3 Å². The molecule has 50 heavy (non-hydrogen) atoms. The van der Waals surface area contributed by atoms with Crippen molar-refractivity contribution in [2.75, 3.05) is 37.2 Å². The molecule has 22 heteroatoms. The summed E-state index contributed by atoms with van der Waals surface area (Å²) in [4.78, 5) is 27.3. The number of aliphatic hydroxyl groups is 2. The van der Waals surface area contributed by atoms with E-state index in [2.05, 4.69) is 24.9 Å². The van der Waals surface area contributed by atoms with Crippen LogP contribution in [0.1, 0.15) is 18.7 Å². The largest absolute Gasteiger partial charge is 0.460 e. The number of sulfonamides is 1. The number of carbonyl (C=O) groups excluding carboxylic acids is 1. The highest BCUT2D eigenvalue weighted by Crippen LogP contribution is 2.47. The molecular weight excluding hydrogens is 742 g/mol. The molecule has 0 saturated carbocycles. The zero-order valence-corrected chi connectivity index (χ0v) is 29.9. The minimum absolute atomic E-state index is 0.00787. The summed E-state index contributed by atoms with van der Waals surface area (Å²) in [6, 6.07) is 12.6. The van der Waals surface area contributed by atoms with Gasteiger partial charge in [-0.3, -0.25) is 18.9 Å². The van der Waals surface area contributed by atoms with E-state index in [1.807, 2.05) is 0 Å². The van der Waals surface area contributed by atoms with E-state index in [1.54, 1.807) is 24.3 Å². The number of hydrogen-bond donors (Lipinski definition) is 5. The molecule has 0 aliphatic carbocycles. The van der Waals surface area contributed by atoms with Crippen molar-refractivity contribution >= 4 is 69.9 Å². The summed E-state index contributed by atoms with van der Waals surface area (Å²) in [5.41, 5.74) is 4.56. The number of nitrogen functional groups attached to an aromatic ring is 1. The van der Waals surface area contributed by atoms with Crippen molar-refractivity contribution < 1.29 is 46.5 Å². The molecule has 2 aromatic carbocycles. The molecule has 4 aromatic rings. The van der Waals surface area contributed by atoms with E-state index in [9.17, 15) is 28.0 Å². The quantitative estimate of drug-likeness (QED) is 0.0700. The second-order valence-electron chi connectivity index (χ2n) is 11.3. The normalized spacial score (nSPS) is 21.9. The van der Waals surface area contributed by atoms with Crippen LogP contribution >= 0.6 is 30.9 Å². The third-order valence-electron chi connectivity index (χ3n) is 7.26. The maximum absolute atomic E-state index is 13.9. The highest BCUT2D eigenvalue weighted by molar-refractivity contribution is 7.88. The Morgan fingerprint density at radius 1 is 1.20 bits per heavy atom. The van der Waals surface area contributed by atoms with Gasteiger partial charge in [0, 0.05) is 22.7 Å². The van der Waals surface area contributed by atoms with Crippen LogP contribution in [0.4, 0.5) is 11.8 Å². The van der Waals surface area contributed by atoms with Gasteiger partial charge in [-0.25, -0.2) is 23.1 Å². The summed E-state index contributed by atoms with van der Waals surface area (Å²) < 4.78 is 61.3. The predicted octanol–water partition coefficient (Wildman–Crippen LogP) is 2.16. The smallest absolute Gasteiger partial charge is 0.459 e. The molecule has 3 unspecified atom stereocenters. The van der Waals surface area contributed by atoms with E-state index in [0.29, 0.717) is 15.6 Å². The summed E-state index contributed by atoms with van der Waals surface area (Å²) in [7, 11) is -6.74. The lowest BCUT2D eigenvalue weighted by Gasteiger charge is -2.27. The van der Waals surface area contributed by atoms with Crippen molar-refractivity contribution in [2.45, 2.75) is 37.6 Å². The first-order valence-electron chi connectivity index (χ1n) is 14.6. The molecule has 5 rings (SSSR count). The van der Waals surface area contributed by atoms with Crippen molar-refractivity contribution in [3.63, 3.8) is 0 Å². The van der Waals surface area contributed by atoms with Crippen molar-refractivity contribution in [3.8, 4) is 5.75 Å². The van der Waals surface area contributed by atoms with Gasteiger partial charge in [-0.05, 0) is 37.3 Å². The van der Waals surface area contributed by atoms with E-state index >= 15 is 0 Å². The van der Waals surface area contributed by atoms with E-state index in [-0.39, 0.29) is 35.3 Å². The molecule has 3 heterocycles. The van der Waals surface area contributed by atoms with E-state index in [1.165, 1.54) is 49.1 Å². The van der Waals surface area contributed by atoms with Gasteiger partial charge in [0.1, 0.15) is 36.7 Å². The maximum atomic E-state index is 13.9. The van der Waals surface area contributed by atoms with Gasteiger partial charge >= 0.3 is 13.7 Å². The number of esters is 1. The van der Waals surface area contributed by atoms with Crippen LogP contribution in [0.5, 0.6) is 5.75 Å². The number of imidazole rings is 1. The fourth-order valence-electron chi connectivity index (χ4n) is 4.89. The minimum atomic E-state index is -4.41. The first kappa shape index (κ1) is 37.6. The van der Waals surface area contributed by atoms with Gasteiger partial charge in [-0.1, -0.05) is 41.4 Å². The zero-order chi connectivity index (χ0) is 36.4. The standard InChI is InChI=1S/C28H33Cl2N8O10PS/c1-28(41)23(40)20(47-26(28)38-15-32-22-24(34-27(31)35-25(22)38)37(2)36-50(3,43)44)14-46-49(42,48-18-10-8-17(29)9-11-18)33-12-21(39)45-13-16-6-4-5-7-19(16)30/h4-11,15,20,23,26,36,40-41H,12-14H2,1-3H3,(H,33,42)(H2,31,34,35)/t20?,23-,26?,28-,49?/m1/s1. The zero-order valence-electron chi connectivity index (χ0n) is 26.6.